The quantitative estimate of drug-likeness (QED) is 0.326. The number of carbonyl (C=O) groups is 1. The van der Waals surface area contributed by atoms with Crippen LogP contribution in [0.1, 0.15) is 64.2 Å². The van der Waals surface area contributed by atoms with Gasteiger partial charge in [-0.2, -0.15) is 0 Å². The van der Waals surface area contributed by atoms with E-state index in [1.54, 1.807) is 0 Å². The molecule has 5 heteroatoms. The molecule has 0 radical (unpaired) electrons. The first-order valence-electron chi connectivity index (χ1n) is 11.8. The lowest BCUT2D eigenvalue weighted by atomic mass is 9.49. The number of hydrogen-bond acceptors (Lipinski definition) is 2. The Bertz CT molecular complexity index is 418. The first-order valence-corrected chi connectivity index (χ1v) is 11.8. The summed E-state index contributed by atoms with van der Waals surface area (Å²) in [6.45, 7) is 6.88. The van der Waals surface area contributed by atoms with Gasteiger partial charge in [0.15, 0.2) is 0 Å². The smallest absolute Gasteiger partial charge is 0.226 e. The maximum atomic E-state index is 12.9. The van der Waals surface area contributed by atoms with Gasteiger partial charge >= 0.3 is 0 Å². The largest absolute Gasteiger partial charge is 0.355 e. The van der Waals surface area contributed by atoms with Crippen LogP contribution in [0.25, 0.3) is 0 Å². The van der Waals surface area contributed by atoms with Crippen LogP contribution in [0, 0.1) is 23.2 Å². The van der Waals surface area contributed by atoms with Crippen molar-refractivity contribution in [2.75, 3.05) is 46.3 Å². The van der Waals surface area contributed by atoms with Crippen LogP contribution in [-0.4, -0.2) is 52.2 Å². The average molecular weight is 381 g/mol. The second kappa shape index (κ2) is 10.8. The zero-order chi connectivity index (χ0) is 19.0. The molecule has 0 aromatic rings. The minimum Gasteiger partial charge on any atom is -0.355 e. The Morgan fingerprint density at radius 2 is 1.30 bits per heavy atom. The first-order chi connectivity index (χ1) is 13.2. The number of amides is 1. The van der Waals surface area contributed by atoms with Crippen LogP contribution in [0.15, 0.2) is 0 Å². The third kappa shape index (κ3) is 6.16. The molecular weight excluding hydrogens is 336 g/mol. The van der Waals surface area contributed by atoms with Crippen LogP contribution in [0.5, 0.6) is 0 Å². The Hall–Kier alpha value is -0.650. The average Bonchev–Trinajstić information content (AvgIpc) is 2.64. The summed E-state index contributed by atoms with van der Waals surface area (Å²) in [5.74, 6) is 2.97. The third-order valence-electron chi connectivity index (χ3n) is 7.29. The van der Waals surface area contributed by atoms with Gasteiger partial charge in [0.1, 0.15) is 0 Å². The lowest BCUT2D eigenvalue weighted by Gasteiger charge is -2.55. The Labute approximate surface area is 166 Å². The van der Waals surface area contributed by atoms with E-state index in [-0.39, 0.29) is 5.41 Å². The Morgan fingerprint density at radius 1 is 0.815 bits per heavy atom. The molecule has 4 aliphatic rings. The molecule has 0 atom stereocenters. The van der Waals surface area contributed by atoms with Gasteiger partial charge in [-0.1, -0.05) is 0 Å². The van der Waals surface area contributed by atoms with Gasteiger partial charge in [-0.25, -0.2) is 0 Å². The van der Waals surface area contributed by atoms with Crippen molar-refractivity contribution in [1.29, 1.82) is 0 Å². The van der Waals surface area contributed by atoms with Gasteiger partial charge < -0.3 is 21.3 Å². The number of nitrogens with two attached hydrogens (primary N) is 2. The minimum atomic E-state index is 0.0299. The highest BCUT2D eigenvalue weighted by Crippen LogP contribution is 2.60. The van der Waals surface area contributed by atoms with Crippen LogP contribution in [-0.2, 0) is 4.79 Å². The van der Waals surface area contributed by atoms with Crippen LogP contribution in [0.2, 0.25) is 0 Å². The van der Waals surface area contributed by atoms with E-state index in [0.717, 1.165) is 43.8 Å². The Kier molecular flexibility index (Phi) is 8.41. The van der Waals surface area contributed by atoms with Crippen molar-refractivity contribution in [2.45, 2.75) is 64.2 Å². The van der Waals surface area contributed by atoms with E-state index >= 15 is 0 Å². The van der Waals surface area contributed by atoms with Crippen molar-refractivity contribution in [3.05, 3.63) is 0 Å². The van der Waals surface area contributed by atoms with Gasteiger partial charge in [0.05, 0.1) is 26.2 Å². The zero-order valence-corrected chi connectivity index (χ0v) is 17.6. The molecule has 0 aromatic heterocycles. The summed E-state index contributed by atoms with van der Waals surface area (Å²) >= 11 is 0. The number of hydrogen-bond donors (Lipinski definition) is 4. The molecular formula is C22H44N4O+2. The maximum absolute atomic E-state index is 12.9. The van der Waals surface area contributed by atoms with E-state index in [2.05, 4.69) is 21.3 Å². The lowest BCUT2D eigenvalue weighted by molar-refractivity contribution is -0.664. The summed E-state index contributed by atoms with van der Waals surface area (Å²) < 4.78 is 0. The van der Waals surface area contributed by atoms with Crippen molar-refractivity contribution in [2.24, 2.45) is 23.2 Å². The number of quaternary nitrogens is 2. The van der Waals surface area contributed by atoms with Crippen LogP contribution in [0.4, 0.5) is 0 Å². The molecule has 0 unspecified atom stereocenters. The lowest BCUT2D eigenvalue weighted by Crippen LogP contribution is -2.86. The maximum Gasteiger partial charge on any atom is 0.226 e. The summed E-state index contributed by atoms with van der Waals surface area (Å²) in [7, 11) is 2.02. The Balaban J connectivity index is 1.16. The van der Waals surface area contributed by atoms with E-state index in [4.69, 9.17) is 0 Å². The van der Waals surface area contributed by atoms with E-state index < -0.39 is 0 Å². The summed E-state index contributed by atoms with van der Waals surface area (Å²) in [4.78, 5) is 12.9. The van der Waals surface area contributed by atoms with Gasteiger partial charge in [-0.05, 0) is 63.3 Å². The second-order valence-electron chi connectivity index (χ2n) is 9.70. The van der Waals surface area contributed by atoms with E-state index in [0.29, 0.717) is 5.91 Å². The molecule has 4 aliphatic carbocycles. The summed E-state index contributed by atoms with van der Waals surface area (Å²) in [5.41, 5.74) is 0.0299. The summed E-state index contributed by atoms with van der Waals surface area (Å²) in [6.07, 6.45) is 12.8. The highest BCUT2D eigenvalue weighted by molar-refractivity contribution is 5.83. The number of carbonyl (C=O) groups excluding carboxylic acids is 1. The van der Waals surface area contributed by atoms with E-state index in [1.165, 1.54) is 77.4 Å². The molecule has 4 rings (SSSR count). The molecule has 1 amide bonds. The SMILES string of the molecule is CNCCC[NH2+]CCCC[NH2+]CCCNC(=O)C12CC3CC(CC(C3)C1)C2. The van der Waals surface area contributed by atoms with Crippen LogP contribution in [0.3, 0.4) is 0 Å². The number of rotatable bonds is 14. The molecule has 0 saturated heterocycles. The molecule has 6 N–H and O–H groups in total. The predicted molar refractivity (Wildman–Crippen MR) is 109 cm³/mol. The third-order valence-corrected chi connectivity index (χ3v) is 7.29. The monoisotopic (exact) mass is 380 g/mol. The van der Waals surface area contributed by atoms with Crippen molar-refractivity contribution in [3.63, 3.8) is 0 Å². The van der Waals surface area contributed by atoms with Gasteiger partial charge in [0.25, 0.3) is 0 Å². The van der Waals surface area contributed by atoms with Crippen LogP contribution >= 0.6 is 0 Å². The molecule has 4 fully saturated rings. The first kappa shape index (κ1) is 21.1. The molecule has 0 spiro atoms. The second-order valence-corrected chi connectivity index (χ2v) is 9.70. The van der Waals surface area contributed by atoms with Crippen molar-refractivity contribution in [1.82, 2.24) is 10.6 Å². The fourth-order valence-corrected chi connectivity index (χ4v) is 6.31. The fourth-order valence-electron chi connectivity index (χ4n) is 6.31. The molecule has 5 nitrogen and oxygen atoms in total. The topological polar surface area (TPSA) is 74.3 Å². The molecule has 0 aliphatic heterocycles. The number of nitrogens with one attached hydrogen (secondary N) is 2. The fraction of sp³-hybridized carbons (Fsp3) is 0.955. The standard InChI is InChI=1S/C22H42N4O/c1-23-6-4-9-24-7-2-3-8-25-10-5-11-26-21(27)22-15-18-12-19(16-22)14-20(13-18)17-22/h18-20,23-25H,2-17H2,1H3,(H,26,27)/p+2. The summed E-state index contributed by atoms with van der Waals surface area (Å²) in [6, 6.07) is 0. The van der Waals surface area contributed by atoms with Crippen LogP contribution < -0.4 is 21.3 Å². The molecule has 4 saturated carbocycles. The van der Waals surface area contributed by atoms with Crippen molar-refractivity contribution in [3.8, 4) is 0 Å². The van der Waals surface area contributed by atoms with Gasteiger partial charge in [-0.15, -0.1) is 0 Å². The van der Waals surface area contributed by atoms with Crippen molar-refractivity contribution < 1.29 is 15.4 Å². The minimum absolute atomic E-state index is 0.0299. The van der Waals surface area contributed by atoms with Gasteiger partial charge in [0, 0.05) is 44.2 Å². The molecule has 27 heavy (non-hydrogen) atoms. The van der Waals surface area contributed by atoms with E-state index in [9.17, 15) is 4.79 Å². The highest BCUT2D eigenvalue weighted by atomic mass is 16.2. The normalized spacial score (nSPS) is 31.4. The highest BCUT2D eigenvalue weighted by Gasteiger charge is 2.54. The van der Waals surface area contributed by atoms with Gasteiger partial charge in [0.2, 0.25) is 5.91 Å². The van der Waals surface area contributed by atoms with E-state index in [1.807, 2.05) is 7.05 Å². The molecule has 4 bridgehead atoms. The Morgan fingerprint density at radius 3 is 1.81 bits per heavy atom. The summed E-state index contributed by atoms with van der Waals surface area (Å²) in [5, 5.41) is 11.4. The van der Waals surface area contributed by atoms with Gasteiger partial charge in [-0.3, -0.25) is 4.79 Å². The van der Waals surface area contributed by atoms with Crippen molar-refractivity contribution >= 4 is 5.91 Å². The molecule has 156 valence electrons. The molecule has 0 heterocycles. The zero-order valence-electron chi connectivity index (χ0n) is 17.6. The predicted octanol–water partition coefficient (Wildman–Crippen LogP) is 0.226. The number of unbranched alkanes of at least 4 members (excludes halogenated alkanes) is 1. The molecule has 0 aromatic carbocycles.